The van der Waals surface area contributed by atoms with Crippen molar-refractivity contribution in [3.05, 3.63) is 95.3 Å². The fourth-order valence-electron chi connectivity index (χ4n) is 3.61. The smallest absolute Gasteiger partial charge is 0.303 e. The molecule has 1 heterocycles. The van der Waals surface area contributed by atoms with Crippen LogP contribution in [0.15, 0.2) is 79.1 Å². The van der Waals surface area contributed by atoms with Gasteiger partial charge in [-0.2, -0.15) is 0 Å². The summed E-state index contributed by atoms with van der Waals surface area (Å²) < 4.78 is 5.76. The van der Waals surface area contributed by atoms with Crippen LogP contribution in [0.1, 0.15) is 37.3 Å². The Labute approximate surface area is 210 Å². The number of anilines is 1. The van der Waals surface area contributed by atoms with Crippen molar-refractivity contribution < 1.29 is 19.4 Å². The summed E-state index contributed by atoms with van der Waals surface area (Å²) in [7, 11) is 1.74. The molecular formula is C28H29ClN2O4. The summed E-state index contributed by atoms with van der Waals surface area (Å²) in [6, 6.07) is 18.7. The summed E-state index contributed by atoms with van der Waals surface area (Å²) in [5.41, 5.74) is 3.54. The number of carboxylic acid groups (broad SMARTS) is 1. The Morgan fingerprint density at radius 1 is 1.11 bits per heavy atom. The Hall–Kier alpha value is -3.64. The number of hydrogen-bond acceptors (Lipinski definition) is 4. The molecule has 0 spiro atoms. The number of hydrogen-bond donors (Lipinski definition) is 1. The lowest BCUT2D eigenvalue weighted by Crippen LogP contribution is -2.34. The van der Waals surface area contributed by atoms with E-state index in [2.05, 4.69) is 4.98 Å². The summed E-state index contributed by atoms with van der Waals surface area (Å²) in [5.74, 6) is -0.726. The van der Waals surface area contributed by atoms with Gasteiger partial charge in [0.2, 0.25) is 5.91 Å². The Morgan fingerprint density at radius 3 is 2.60 bits per heavy atom. The second kappa shape index (κ2) is 12.7. The number of para-hydroxylation sites is 1. The lowest BCUT2D eigenvalue weighted by molar-refractivity contribution is -0.137. The number of rotatable bonds is 11. The molecule has 35 heavy (non-hydrogen) atoms. The van der Waals surface area contributed by atoms with E-state index in [0.29, 0.717) is 23.6 Å². The van der Waals surface area contributed by atoms with Crippen LogP contribution in [0, 0.1) is 5.92 Å². The van der Waals surface area contributed by atoms with Gasteiger partial charge in [-0.3, -0.25) is 14.6 Å². The van der Waals surface area contributed by atoms with Gasteiger partial charge in [0.05, 0.1) is 17.5 Å². The molecule has 1 aromatic heterocycles. The van der Waals surface area contributed by atoms with E-state index < -0.39 is 5.97 Å². The first-order valence-electron chi connectivity index (χ1n) is 11.4. The van der Waals surface area contributed by atoms with Crippen molar-refractivity contribution in [2.45, 2.75) is 26.2 Å². The number of aromatic nitrogens is 1. The highest BCUT2D eigenvalue weighted by molar-refractivity contribution is 6.32. The topological polar surface area (TPSA) is 79.7 Å². The maximum atomic E-state index is 13.1. The molecule has 0 radical (unpaired) electrons. The molecule has 0 aliphatic rings. The van der Waals surface area contributed by atoms with Gasteiger partial charge in [0, 0.05) is 37.1 Å². The lowest BCUT2D eigenvalue weighted by Gasteiger charge is -2.23. The standard InChI is InChI=1S/C28H29ClN2O4/c1-20(19-35-26-14-5-4-13-25(26)29)28(34)31(2)23-11-7-9-21(17-23)24(12-3-6-15-27(32)33)22-10-8-16-30-18-22/h4-5,7-14,16-18,20H,3,6,15,19H2,1-2H3,(H,32,33). The molecule has 6 nitrogen and oxygen atoms in total. The first-order chi connectivity index (χ1) is 16.9. The molecule has 3 aromatic rings. The molecule has 1 unspecified atom stereocenters. The van der Waals surface area contributed by atoms with Crippen LogP contribution in [0.2, 0.25) is 5.02 Å². The van der Waals surface area contributed by atoms with E-state index in [1.54, 1.807) is 36.5 Å². The number of unbranched alkanes of at least 4 members (excludes halogenated alkanes) is 1. The van der Waals surface area contributed by atoms with Gasteiger partial charge in [-0.05, 0) is 54.3 Å². The van der Waals surface area contributed by atoms with Crippen LogP contribution in [-0.4, -0.2) is 35.6 Å². The molecule has 1 atom stereocenters. The predicted octanol–water partition coefficient (Wildman–Crippen LogP) is 6.10. The Kier molecular flexibility index (Phi) is 9.44. The Morgan fingerprint density at radius 2 is 1.89 bits per heavy atom. The van der Waals surface area contributed by atoms with Crippen LogP contribution in [0.4, 0.5) is 5.69 Å². The van der Waals surface area contributed by atoms with Crippen LogP contribution < -0.4 is 9.64 Å². The highest BCUT2D eigenvalue weighted by Gasteiger charge is 2.20. The third-order valence-corrected chi connectivity index (χ3v) is 5.85. The molecule has 0 saturated carbocycles. The number of allylic oxidation sites excluding steroid dienone is 1. The number of benzene rings is 2. The number of ether oxygens (including phenoxy) is 1. The van der Waals surface area contributed by atoms with Crippen molar-refractivity contribution in [1.82, 2.24) is 4.98 Å². The number of aliphatic carboxylic acids is 1. The molecule has 1 amide bonds. The van der Waals surface area contributed by atoms with Crippen molar-refractivity contribution in [2.24, 2.45) is 5.92 Å². The lowest BCUT2D eigenvalue weighted by atomic mass is 9.97. The molecular weight excluding hydrogens is 464 g/mol. The van der Waals surface area contributed by atoms with Crippen molar-refractivity contribution in [1.29, 1.82) is 0 Å². The number of carbonyl (C=O) groups is 2. The van der Waals surface area contributed by atoms with Crippen molar-refractivity contribution in [3.63, 3.8) is 0 Å². The van der Waals surface area contributed by atoms with Gasteiger partial charge >= 0.3 is 5.97 Å². The van der Waals surface area contributed by atoms with E-state index in [1.165, 1.54) is 0 Å². The van der Waals surface area contributed by atoms with Crippen molar-refractivity contribution >= 4 is 34.7 Å². The zero-order valence-electron chi connectivity index (χ0n) is 19.9. The van der Waals surface area contributed by atoms with E-state index in [-0.39, 0.29) is 24.9 Å². The number of halogens is 1. The maximum absolute atomic E-state index is 13.1. The number of nitrogens with zero attached hydrogens (tertiary/aromatic N) is 2. The molecule has 2 aromatic carbocycles. The van der Waals surface area contributed by atoms with Gasteiger partial charge in [-0.25, -0.2) is 0 Å². The van der Waals surface area contributed by atoms with Gasteiger partial charge in [-0.15, -0.1) is 0 Å². The summed E-state index contributed by atoms with van der Waals surface area (Å²) >= 11 is 6.14. The first-order valence-corrected chi connectivity index (χ1v) is 11.8. The number of carbonyl (C=O) groups excluding carboxylic acids is 1. The molecule has 0 fully saturated rings. The third-order valence-electron chi connectivity index (χ3n) is 5.54. The van der Waals surface area contributed by atoms with Crippen LogP contribution in [-0.2, 0) is 9.59 Å². The number of carboxylic acids is 1. The zero-order chi connectivity index (χ0) is 25.2. The average Bonchev–Trinajstić information content (AvgIpc) is 2.87. The number of amides is 1. The highest BCUT2D eigenvalue weighted by atomic mass is 35.5. The molecule has 7 heteroatoms. The predicted molar refractivity (Wildman–Crippen MR) is 139 cm³/mol. The number of pyridine rings is 1. The molecule has 0 bridgehead atoms. The monoisotopic (exact) mass is 492 g/mol. The molecule has 0 saturated heterocycles. The van der Waals surface area contributed by atoms with Crippen LogP contribution in [0.3, 0.4) is 0 Å². The first kappa shape index (κ1) is 26.0. The summed E-state index contributed by atoms with van der Waals surface area (Å²) in [6.07, 6.45) is 6.79. The fourth-order valence-corrected chi connectivity index (χ4v) is 3.80. The zero-order valence-corrected chi connectivity index (χ0v) is 20.6. The van der Waals surface area contributed by atoms with Gasteiger partial charge in [0.15, 0.2) is 0 Å². The SMILES string of the molecule is CC(COc1ccccc1Cl)C(=O)N(C)c1cccc(C(=CCCCC(=O)O)c2cccnc2)c1. The minimum absolute atomic E-state index is 0.0810. The largest absolute Gasteiger partial charge is 0.491 e. The summed E-state index contributed by atoms with van der Waals surface area (Å²) in [6.45, 7) is 2.03. The second-order valence-corrected chi connectivity index (χ2v) is 8.64. The molecule has 182 valence electrons. The maximum Gasteiger partial charge on any atom is 0.303 e. The van der Waals surface area contributed by atoms with Gasteiger partial charge in [0.25, 0.3) is 0 Å². The van der Waals surface area contributed by atoms with Crippen LogP contribution >= 0.6 is 11.6 Å². The van der Waals surface area contributed by atoms with Crippen molar-refractivity contribution in [3.8, 4) is 5.75 Å². The van der Waals surface area contributed by atoms with Crippen LogP contribution in [0.5, 0.6) is 5.75 Å². The van der Waals surface area contributed by atoms with Gasteiger partial charge in [0.1, 0.15) is 5.75 Å². The summed E-state index contributed by atoms with van der Waals surface area (Å²) in [5, 5.41) is 9.45. The van der Waals surface area contributed by atoms with Gasteiger partial charge < -0.3 is 14.7 Å². The Balaban J connectivity index is 1.76. The minimum Gasteiger partial charge on any atom is -0.491 e. The van der Waals surface area contributed by atoms with E-state index >= 15 is 0 Å². The second-order valence-electron chi connectivity index (χ2n) is 8.24. The van der Waals surface area contributed by atoms with Crippen LogP contribution in [0.25, 0.3) is 5.57 Å². The highest BCUT2D eigenvalue weighted by Crippen LogP contribution is 2.28. The van der Waals surface area contributed by atoms with E-state index in [4.69, 9.17) is 21.4 Å². The average molecular weight is 493 g/mol. The summed E-state index contributed by atoms with van der Waals surface area (Å²) in [4.78, 5) is 29.8. The van der Waals surface area contributed by atoms with Gasteiger partial charge in [-0.1, -0.05) is 54.9 Å². The van der Waals surface area contributed by atoms with E-state index in [9.17, 15) is 9.59 Å². The third kappa shape index (κ3) is 7.42. The fraction of sp³-hybridized carbons (Fsp3) is 0.250. The molecule has 0 aliphatic heterocycles. The molecule has 3 rings (SSSR count). The quantitative estimate of drug-likeness (QED) is 0.327. The van der Waals surface area contributed by atoms with E-state index in [0.717, 1.165) is 22.4 Å². The molecule has 0 aliphatic carbocycles. The normalized spacial score (nSPS) is 12.1. The van der Waals surface area contributed by atoms with E-state index in [1.807, 2.05) is 61.5 Å². The van der Waals surface area contributed by atoms with Crippen molar-refractivity contribution in [2.75, 3.05) is 18.6 Å². The molecule has 1 N–H and O–H groups in total. The Bertz CT molecular complexity index is 1180. The minimum atomic E-state index is -0.809.